The molecule has 0 aliphatic heterocycles. The molecule has 7 nitrogen and oxygen atoms in total. The van der Waals surface area contributed by atoms with Crippen LogP contribution >= 0.6 is 23.1 Å². The predicted molar refractivity (Wildman–Crippen MR) is 89.8 cm³/mol. The van der Waals surface area contributed by atoms with Crippen LogP contribution in [0.3, 0.4) is 0 Å². The molecule has 0 radical (unpaired) electrons. The van der Waals surface area contributed by atoms with Gasteiger partial charge < -0.3 is 4.74 Å². The standard InChI is InChI=1S/C14H11F3N4O3S2/c1-3-24-14(23)26-12-18-8-5-9(7(15)4-10(8)25-12)21-13(22)20(11(16)17)6(2)19-21/h4-5,11H,3H2,1-2H3. The maximum atomic E-state index is 14.4. The normalized spacial score (nSPS) is 11.5. The molecule has 3 rings (SSSR count). The summed E-state index contributed by atoms with van der Waals surface area (Å²) >= 11 is 1.82. The number of halogens is 3. The van der Waals surface area contributed by atoms with Crippen LogP contribution in [0.5, 0.6) is 0 Å². The van der Waals surface area contributed by atoms with Gasteiger partial charge in [0.25, 0.3) is 0 Å². The van der Waals surface area contributed by atoms with Crippen molar-refractivity contribution in [3.05, 3.63) is 34.3 Å². The summed E-state index contributed by atoms with van der Waals surface area (Å²) in [5, 5.41) is 3.15. The number of thioether (sulfide) groups is 1. The van der Waals surface area contributed by atoms with Crippen LogP contribution < -0.4 is 5.69 Å². The van der Waals surface area contributed by atoms with Crippen LogP contribution in [-0.4, -0.2) is 31.2 Å². The molecule has 2 aromatic heterocycles. The third kappa shape index (κ3) is 3.33. The first kappa shape index (κ1) is 18.5. The van der Waals surface area contributed by atoms with Crippen LogP contribution in [0.4, 0.5) is 18.0 Å². The maximum absolute atomic E-state index is 14.4. The molecule has 0 atom stereocenters. The van der Waals surface area contributed by atoms with E-state index in [1.807, 2.05) is 0 Å². The fourth-order valence-electron chi connectivity index (χ4n) is 2.20. The second-order valence-electron chi connectivity index (χ2n) is 4.93. The molecule has 0 unspecified atom stereocenters. The van der Waals surface area contributed by atoms with E-state index >= 15 is 0 Å². The van der Waals surface area contributed by atoms with E-state index in [9.17, 15) is 22.8 Å². The number of nitrogens with zero attached hydrogens (tertiary/aromatic N) is 4. The van der Waals surface area contributed by atoms with Gasteiger partial charge in [0, 0.05) is 11.8 Å². The minimum absolute atomic E-state index is 0.159. The lowest BCUT2D eigenvalue weighted by Crippen LogP contribution is -2.25. The molecule has 0 aliphatic rings. The van der Waals surface area contributed by atoms with Crippen molar-refractivity contribution < 1.29 is 22.7 Å². The van der Waals surface area contributed by atoms with Crippen molar-refractivity contribution in [1.82, 2.24) is 19.3 Å². The van der Waals surface area contributed by atoms with E-state index in [0.29, 0.717) is 19.2 Å². The molecule has 12 heteroatoms. The number of rotatable bonds is 4. The molecule has 0 saturated heterocycles. The first-order valence-electron chi connectivity index (χ1n) is 7.23. The number of carbonyl (C=O) groups excluding carboxylic acids is 1. The molecule has 0 saturated carbocycles. The molecule has 0 fully saturated rings. The van der Waals surface area contributed by atoms with Gasteiger partial charge >= 0.3 is 17.5 Å². The molecule has 0 bridgehead atoms. The van der Waals surface area contributed by atoms with E-state index in [1.54, 1.807) is 6.92 Å². The lowest BCUT2D eigenvalue weighted by molar-refractivity contribution is 0.0640. The highest BCUT2D eigenvalue weighted by Crippen LogP contribution is 2.32. The van der Waals surface area contributed by atoms with Crippen molar-refractivity contribution in [2.45, 2.75) is 24.7 Å². The van der Waals surface area contributed by atoms with E-state index in [2.05, 4.69) is 10.1 Å². The van der Waals surface area contributed by atoms with Crippen molar-refractivity contribution in [2.75, 3.05) is 6.61 Å². The number of benzene rings is 1. The quantitative estimate of drug-likeness (QED) is 0.487. The summed E-state index contributed by atoms with van der Waals surface area (Å²) in [4.78, 5) is 27.7. The fraction of sp³-hybridized carbons (Fsp3) is 0.286. The summed E-state index contributed by atoms with van der Waals surface area (Å²) < 4.78 is 46.5. The minimum Gasteiger partial charge on any atom is -0.458 e. The Bertz CT molecular complexity index is 1040. The topological polar surface area (TPSA) is 79.0 Å². The Hall–Kier alpha value is -2.34. The number of hydrogen-bond donors (Lipinski definition) is 0. The van der Waals surface area contributed by atoms with Gasteiger partial charge in [-0.15, -0.1) is 16.4 Å². The van der Waals surface area contributed by atoms with Crippen molar-refractivity contribution >= 4 is 38.6 Å². The average Bonchev–Trinajstić information content (AvgIpc) is 3.05. The van der Waals surface area contributed by atoms with Crippen molar-refractivity contribution in [1.29, 1.82) is 0 Å². The lowest BCUT2D eigenvalue weighted by atomic mass is 10.3. The molecule has 26 heavy (non-hydrogen) atoms. The lowest BCUT2D eigenvalue weighted by Gasteiger charge is -2.01. The van der Waals surface area contributed by atoms with Gasteiger partial charge in [-0.1, -0.05) is 0 Å². The third-order valence-corrected chi connectivity index (χ3v) is 5.14. The number of hydrogen-bond acceptors (Lipinski definition) is 7. The van der Waals surface area contributed by atoms with Crippen LogP contribution in [0.15, 0.2) is 21.3 Å². The van der Waals surface area contributed by atoms with E-state index < -0.39 is 23.4 Å². The van der Waals surface area contributed by atoms with E-state index in [0.717, 1.165) is 29.2 Å². The van der Waals surface area contributed by atoms with Crippen LogP contribution in [0, 0.1) is 12.7 Å². The van der Waals surface area contributed by atoms with Gasteiger partial charge in [0.1, 0.15) is 11.5 Å². The van der Waals surface area contributed by atoms with Gasteiger partial charge in [-0.2, -0.15) is 13.5 Å². The number of aromatic nitrogens is 4. The van der Waals surface area contributed by atoms with E-state index in [4.69, 9.17) is 4.74 Å². The summed E-state index contributed by atoms with van der Waals surface area (Å²) in [5.41, 5.74) is -1.16. The van der Waals surface area contributed by atoms with Crippen LogP contribution in [-0.2, 0) is 4.74 Å². The number of thiazole rings is 1. The highest BCUT2D eigenvalue weighted by atomic mass is 32.2. The summed E-state index contributed by atoms with van der Waals surface area (Å²) in [6.07, 6.45) is 0. The molecule has 0 aliphatic carbocycles. The summed E-state index contributed by atoms with van der Waals surface area (Å²) in [7, 11) is 0. The van der Waals surface area contributed by atoms with Gasteiger partial charge in [-0.25, -0.2) is 23.5 Å². The van der Waals surface area contributed by atoms with E-state index in [-0.39, 0.29) is 22.7 Å². The second-order valence-corrected chi connectivity index (χ2v) is 7.14. The average molecular weight is 404 g/mol. The van der Waals surface area contributed by atoms with Gasteiger partial charge in [0.15, 0.2) is 10.2 Å². The number of alkyl halides is 2. The van der Waals surface area contributed by atoms with Crippen molar-refractivity contribution in [2.24, 2.45) is 0 Å². The smallest absolute Gasteiger partial charge is 0.374 e. The fourth-order valence-corrected chi connectivity index (χ4v) is 4.01. The second kappa shape index (κ2) is 7.11. The molecule has 0 spiro atoms. The molecule has 0 amide bonds. The molecule has 138 valence electrons. The first-order valence-corrected chi connectivity index (χ1v) is 8.86. The molecular weight excluding hydrogens is 393 g/mol. The number of aryl methyl sites for hydroxylation is 1. The Kier molecular flexibility index (Phi) is 5.05. The molecule has 3 aromatic rings. The minimum atomic E-state index is -3.09. The van der Waals surface area contributed by atoms with E-state index in [1.165, 1.54) is 13.0 Å². The highest BCUT2D eigenvalue weighted by molar-refractivity contribution is 8.14. The van der Waals surface area contributed by atoms with Crippen molar-refractivity contribution in [3.8, 4) is 5.69 Å². The molecule has 2 heterocycles. The maximum Gasteiger partial charge on any atom is 0.374 e. The Labute approximate surface area is 152 Å². The molecule has 0 N–H and O–H groups in total. The SMILES string of the molecule is CCOC(=O)Sc1nc2cc(-n3nc(C)n(C(F)F)c3=O)c(F)cc2s1. The summed E-state index contributed by atoms with van der Waals surface area (Å²) in [6.45, 7) is 0.00788. The summed E-state index contributed by atoms with van der Waals surface area (Å²) in [6, 6.07) is 2.33. The highest BCUT2D eigenvalue weighted by Gasteiger charge is 2.21. The number of fused-ring (bicyclic) bond motifs is 1. The number of ether oxygens (including phenoxy) is 1. The summed E-state index contributed by atoms with van der Waals surface area (Å²) in [5.74, 6) is -1.07. The third-order valence-electron chi connectivity index (χ3n) is 3.27. The predicted octanol–water partition coefficient (Wildman–Crippen LogP) is 3.73. The Morgan fingerprint density at radius 3 is 2.77 bits per heavy atom. The Morgan fingerprint density at radius 1 is 1.42 bits per heavy atom. The zero-order valence-electron chi connectivity index (χ0n) is 13.4. The Balaban J connectivity index is 2.06. The Morgan fingerprint density at radius 2 is 2.15 bits per heavy atom. The van der Waals surface area contributed by atoms with Crippen LogP contribution in [0.2, 0.25) is 0 Å². The number of carbonyl (C=O) groups is 1. The zero-order valence-corrected chi connectivity index (χ0v) is 15.0. The van der Waals surface area contributed by atoms with Crippen LogP contribution in [0.1, 0.15) is 19.3 Å². The van der Waals surface area contributed by atoms with Crippen molar-refractivity contribution in [3.63, 3.8) is 0 Å². The molecular formula is C14H11F3N4O3S2. The van der Waals surface area contributed by atoms with Gasteiger partial charge in [-0.3, -0.25) is 0 Å². The van der Waals surface area contributed by atoms with Gasteiger partial charge in [0.2, 0.25) is 0 Å². The first-order chi connectivity index (χ1) is 12.3. The largest absolute Gasteiger partial charge is 0.458 e. The van der Waals surface area contributed by atoms with Gasteiger partial charge in [-0.05, 0) is 26.0 Å². The van der Waals surface area contributed by atoms with Crippen LogP contribution in [0.25, 0.3) is 15.9 Å². The zero-order chi connectivity index (χ0) is 19.0. The molecule has 1 aromatic carbocycles. The monoisotopic (exact) mass is 404 g/mol. The van der Waals surface area contributed by atoms with Gasteiger partial charge in [0.05, 0.1) is 16.8 Å².